The number of aryl methyl sites for hydroxylation is 1. The zero-order valence-corrected chi connectivity index (χ0v) is 18.1. The van der Waals surface area contributed by atoms with E-state index in [4.69, 9.17) is 0 Å². The summed E-state index contributed by atoms with van der Waals surface area (Å²) in [5.41, 5.74) is 2.59. The molecule has 0 aliphatic carbocycles. The van der Waals surface area contributed by atoms with Gasteiger partial charge in [-0.15, -0.1) is 10.2 Å². The Hall–Kier alpha value is -3.55. The van der Waals surface area contributed by atoms with Gasteiger partial charge in [-0.3, -0.25) is 9.59 Å². The van der Waals surface area contributed by atoms with Crippen LogP contribution in [-0.2, 0) is 17.9 Å². The standard InChI is InChI=1S/C24H28N6O2/c31-22(10-7-17-30-27-23(26-28-30)20-8-3-1-4-9-20)25-18-19-11-13-21(14-12-19)24(32)29-15-5-2-6-16-29/h1,3-4,8-9,11-14H,2,5-7,10,15-18H2,(H,25,31). The van der Waals surface area contributed by atoms with Gasteiger partial charge in [0.2, 0.25) is 11.7 Å². The first-order valence-corrected chi connectivity index (χ1v) is 11.2. The zero-order valence-electron chi connectivity index (χ0n) is 18.1. The first-order chi connectivity index (χ1) is 15.7. The minimum absolute atomic E-state index is 0.0260. The number of hydrogen-bond acceptors (Lipinski definition) is 5. The van der Waals surface area contributed by atoms with Crippen molar-refractivity contribution in [2.45, 2.75) is 45.2 Å². The first kappa shape index (κ1) is 21.7. The molecule has 1 aliphatic heterocycles. The topological polar surface area (TPSA) is 93.0 Å². The number of carbonyl (C=O) groups is 2. The molecule has 0 atom stereocenters. The van der Waals surface area contributed by atoms with E-state index in [0.29, 0.717) is 37.3 Å². The fourth-order valence-corrected chi connectivity index (χ4v) is 3.76. The number of carbonyl (C=O) groups excluding carboxylic acids is 2. The Balaban J connectivity index is 1.18. The van der Waals surface area contributed by atoms with Gasteiger partial charge in [0.05, 0.1) is 6.54 Å². The van der Waals surface area contributed by atoms with Crippen LogP contribution >= 0.6 is 0 Å². The minimum atomic E-state index is -0.0260. The second-order valence-corrected chi connectivity index (χ2v) is 8.01. The van der Waals surface area contributed by atoms with Crippen molar-refractivity contribution in [3.63, 3.8) is 0 Å². The number of hydrogen-bond donors (Lipinski definition) is 1. The highest BCUT2D eigenvalue weighted by molar-refractivity contribution is 5.94. The van der Waals surface area contributed by atoms with Crippen molar-refractivity contribution in [2.24, 2.45) is 0 Å². The molecule has 0 saturated carbocycles. The lowest BCUT2D eigenvalue weighted by Gasteiger charge is -2.26. The number of rotatable bonds is 8. The van der Waals surface area contributed by atoms with Crippen molar-refractivity contribution in [1.82, 2.24) is 30.4 Å². The Labute approximate surface area is 187 Å². The Bertz CT molecular complexity index is 1030. The van der Waals surface area contributed by atoms with Gasteiger partial charge >= 0.3 is 0 Å². The Morgan fingerprint density at radius 1 is 0.938 bits per heavy atom. The summed E-state index contributed by atoms with van der Waals surface area (Å²) in [4.78, 5) is 28.2. The molecule has 32 heavy (non-hydrogen) atoms. The van der Waals surface area contributed by atoms with Gasteiger partial charge in [0, 0.05) is 37.2 Å². The third-order valence-electron chi connectivity index (χ3n) is 5.58. The number of tetrazole rings is 1. The Morgan fingerprint density at radius 2 is 1.69 bits per heavy atom. The summed E-state index contributed by atoms with van der Waals surface area (Å²) in [6, 6.07) is 17.2. The van der Waals surface area contributed by atoms with Gasteiger partial charge in [-0.2, -0.15) is 4.80 Å². The van der Waals surface area contributed by atoms with Crippen LogP contribution in [0.4, 0.5) is 0 Å². The molecule has 1 N–H and O–H groups in total. The van der Waals surface area contributed by atoms with Crippen LogP contribution in [-0.4, -0.2) is 50.0 Å². The van der Waals surface area contributed by atoms with Gasteiger partial charge in [0.1, 0.15) is 0 Å². The highest BCUT2D eigenvalue weighted by atomic mass is 16.2. The average Bonchev–Trinajstić information content (AvgIpc) is 3.33. The van der Waals surface area contributed by atoms with Crippen molar-refractivity contribution in [3.05, 3.63) is 65.7 Å². The molecule has 0 spiro atoms. The normalized spacial score (nSPS) is 13.7. The van der Waals surface area contributed by atoms with E-state index in [2.05, 4.69) is 20.7 Å². The number of nitrogens with zero attached hydrogens (tertiary/aromatic N) is 5. The molecule has 1 aliphatic rings. The summed E-state index contributed by atoms with van der Waals surface area (Å²) >= 11 is 0. The summed E-state index contributed by atoms with van der Waals surface area (Å²) in [5.74, 6) is 0.650. The SMILES string of the molecule is O=C(CCCn1nnc(-c2ccccc2)n1)NCc1ccc(C(=O)N2CCCCC2)cc1. The van der Waals surface area contributed by atoms with E-state index in [1.807, 2.05) is 59.5 Å². The summed E-state index contributed by atoms with van der Waals surface area (Å²) < 4.78 is 0. The predicted octanol–water partition coefficient (Wildman–Crippen LogP) is 3.06. The van der Waals surface area contributed by atoms with Crippen LogP contribution in [0.3, 0.4) is 0 Å². The Morgan fingerprint density at radius 3 is 2.44 bits per heavy atom. The molecule has 4 rings (SSSR count). The molecule has 8 nitrogen and oxygen atoms in total. The quantitative estimate of drug-likeness (QED) is 0.591. The summed E-state index contributed by atoms with van der Waals surface area (Å²) in [7, 11) is 0. The van der Waals surface area contributed by atoms with E-state index in [1.54, 1.807) is 0 Å². The van der Waals surface area contributed by atoms with Crippen LogP contribution in [0, 0.1) is 0 Å². The fourth-order valence-electron chi connectivity index (χ4n) is 3.76. The molecule has 2 aromatic carbocycles. The molecular weight excluding hydrogens is 404 g/mol. The van der Waals surface area contributed by atoms with Crippen LogP contribution in [0.25, 0.3) is 11.4 Å². The molecule has 1 aromatic heterocycles. The largest absolute Gasteiger partial charge is 0.352 e. The molecule has 3 aromatic rings. The number of amides is 2. The molecule has 0 bridgehead atoms. The summed E-state index contributed by atoms with van der Waals surface area (Å²) in [6.07, 6.45) is 4.37. The predicted molar refractivity (Wildman–Crippen MR) is 121 cm³/mol. The molecule has 1 fully saturated rings. The second-order valence-electron chi connectivity index (χ2n) is 8.01. The third kappa shape index (κ3) is 5.78. The molecule has 2 heterocycles. The molecule has 2 amide bonds. The third-order valence-corrected chi connectivity index (χ3v) is 5.58. The first-order valence-electron chi connectivity index (χ1n) is 11.2. The van der Waals surface area contributed by atoms with E-state index in [0.717, 1.165) is 37.1 Å². The van der Waals surface area contributed by atoms with Crippen LogP contribution < -0.4 is 5.32 Å². The number of piperidine rings is 1. The summed E-state index contributed by atoms with van der Waals surface area (Å²) in [5, 5.41) is 15.4. The Kier molecular flexibility index (Phi) is 7.22. The average molecular weight is 433 g/mol. The van der Waals surface area contributed by atoms with E-state index in [-0.39, 0.29) is 11.8 Å². The molecular formula is C24H28N6O2. The highest BCUT2D eigenvalue weighted by Crippen LogP contribution is 2.14. The number of aromatic nitrogens is 4. The molecule has 166 valence electrons. The minimum Gasteiger partial charge on any atom is -0.352 e. The molecule has 0 unspecified atom stereocenters. The van der Waals surface area contributed by atoms with E-state index < -0.39 is 0 Å². The maximum Gasteiger partial charge on any atom is 0.253 e. The lowest BCUT2D eigenvalue weighted by Crippen LogP contribution is -2.35. The fraction of sp³-hybridized carbons (Fsp3) is 0.375. The summed E-state index contributed by atoms with van der Waals surface area (Å²) in [6.45, 7) is 2.65. The number of likely N-dealkylation sites (tertiary alicyclic amines) is 1. The molecule has 1 saturated heterocycles. The van der Waals surface area contributed by atoms with Crippen LogP contribution in [0.2, 0.25) is 0 Å². The van der Waals surface area contributed by atoms with E-state index in [9.17, 15) is 9.59 Å². The highest BCUT2D eigenvalue weighted by Gasteiger charge is 2.17. The smallest absolute Gasteiger partial charge is 0.253 e. The lowest BCUT2D eigenvalue weighted by molar-refractivity contribution is -0.121. The van der Waals surface area contributed by atoms with Crippen LogP contribution in [0.15, 0.2) is 54.6 Å². The molecule has 8 heteroatoms. The molecule has 0 radical (unpaired) electrons. The van der Waals surface area contributed by atoms with Gasteiger partial charge < -0.3 is 10.2 Å². The van der Waals surface area contributed by atoms with Crippen molar-refractivity contribution >= 4 is 11.8 Å². The van der Waals surface area contributed by atoms with Gasteiger partial charge in [0.15, 0.2) is 0 Å². The van der Waals surface area contributed by atoms with Gasteiger partial charge in [0.25, 0.3) is 5.91 Å². The lowest BCUT2D eigenvalue weighted by atomic mass is 10.1. The van der Waals surface area contributed by atoms with Crippen molar-refractivity contribution in [1.29, 1.82) is 0 Å². The van der Waals surface area contributed by atoms with Crippen molar-refractivity contribution in [3.8, 4) is 11.4 Å². The second kappa shape index (κ2) is 10.7. The van der Waals surface area contributed by atoms with Crippen molar-refractivity contribution in [2.75, 3.05) is 13.1 Å². The number of nitrogens with one attached hydrogen (secondary N) is 1. The van der Waals surface area contributed by atoms with Gasteiger partial charge in [-0.05, 0) is 48.6 Å². The zero-order chi connectivity index (χ0) is 22.2. The van der Waals surface area contributed by atoms with E-state index >= 15 is 0 Å². The number of benzene rings is 2. The maximum atomic E-state index is 12.5. The van der Waals surface area contributed by atoms with Crippen molar-refractivity contribution < 1.29 is 9.59 Å². The van der Waals surface area contributed by atoms with E-state index in [1.165, 1.54) is 11.2 Å². The van der Waals surface area contributed by atoms with Gasteiger partial charge in [-0.1, -0.05) is 42.5 Å². The maximum absolute atomic E-state index is 12.5. The van der Waals surface area contributed by atoms with Gasteiger partial charge in [-0.25, -0.2) is 0 Å². The monoisotopic (exact) mass is 432 g/mol. The van der Waals surface area contributed by atoms with Crippen LogP contribution in [0.1, 0.15) is 48.0 Å². The van der Waals surface area contributed by atoms with Crippen LogP contribution in [0.5, 0.6) is 0 Å².